The average molecular weight is 1870 g/mol. The second-order valence-corrected chi connectivity index (χ2v) is 37.5. The zero-order valence-corrected chi connectivity index (χ0v) is 78.7. The Kier molecular flexibility index (Phi) is 19.5. The highest BCUT2D eigenvalue weighted by Gasteiger charge is 2.31. The molecule has 0 N–H and O–H groups in total. The Hall–Kier alpha value is -19.7. The summed E-state index contributed by atoms with van der Waals surface area (Å²) in [4.78, 5) is 9.29. The highest BCUT2D eigenvalue weighted by Crippen LogP contribution is 2.55. The molecule has 30 aromatic rings. The Labute approximate surface area is 837 Å². The van der Waals surface area contributed by atoms with E-state index in [1.54, 1.807) is 0 Å². The van der Waals surface area contributed by atoms with Gasteiger partial charge in [0.1, 0.15) is 55.8 Å². The summed E-state index contributed by atoms with van der Waals surface area (Å²) in [6, 6.07) is 180. The molecule has 0 fully saturated rings. The molecule has 10 nitrogen and oxygen atoms in total. The lowest BCUT2D eigenvalue weighted by Crippen LogP contribution is -2.11. The number of nitrogens with zero attached hydrogens (tertiary/aromatic N) is 4. The molecule has 30 rings (SSSR count). The van der Waals surface area contributed by atoms with Crippen LogP contribution in [-0.4, -0.2) is 0 Å². The van der Waals surface area contributed by atoms with Crippen molar-refractivity contribution in [3.05, 3.63) is 510 Å². The van der Waals surface area contributed by atoms with E-state index in [4.69, 9.17) is 26.5 Å². The van der Waals surface area contributed by atoms with E-state index >= 15 is 0 Å². The van der Waals surface area contributed by atoms with Crippen LogP contribution in [0.2, 0.25) is 0 Å². The molecule has 0 spiro atoms. The molecule has 684 valence electrons. The van der Waals surface area contributed by atoms with Gasteiger partial charge in [0, 0.05) is 162 Å². The van der Waals surface area contributed by atoms with Gasteiger partial charge in [-0.05, 0) is 200 Å². The largest absolute Gasteiger partial charge is 0.456 e. The summed E-state index contributed by atoms with van der Waals surface area (Å²) in [5, 5.41) is 21.8. The third kappa shape index (κ3) is 13.6. The molecule has 0 aliphatic rings. The van der Waals surface area contributed by atoms with Crippen LogP contribution in [0.1, 0.15) is 0 Å². The molecule has 0 unspecified atom stereocenters. The summed E-state index contributed by atoms with van der Waals surface area (Å²) in [5.41, 5.74) is 30.8. The fourth-order valence-corrected chi connectivity index (χ4v) is 22.7. The number of anilines is 12. The molecule has 0 aliphatic heterocycles. The summed E-state index contributed by atoms with van der Waals surface area (Å²) in [6.07, 6.45) is 0. The summed E-state index contributed by atoms with van der Waals surface area (Å²) in [6.45, 7) is 0. The Morgan fingerprint density at radius 1 is 0.116 bits per heavy atom. The zero-order valence-electron chi connectivity index (χ0n) is 78.7. The third-order valence-corrected chi connectivity index (χ3v) is 29.2. The van der Waals surface area contributed by atoms with Crippen LogP contribution >= 0.6 is 0 Å². The SMILES string of the molecule is c1ccc(-c2ccccc2N(c2ccc3c(c2)oc2c4ccc(N(c5ccccc5-c5ccccc5)c5cccc6c5oc5c(-c7ccccc7)cccc56)cc4c4ccccc4c32)c2cccc3c2oc2c(-c4ccccc4)cccc23)cc1.c1ccc(N(c2ccc3c(c2)oc2ccccc23)c2ccc3c(c2)oc2c4ccc(N(c5ccccc5)c5ccc6c(c5)oc5ccccc56)cc4c4ccccc4c32)cc1. The molecule has 146 heavy (non-hydrogen) atoms. The number of hydrogen-bond acceptors (Lipinski definition) is 10. The van der Waals surface area contributed by atoms with Gasteiger partial charge in [-0.25, -0.2) is 0 Å². The maximum absolute atomic E-state index is 7.36. The van der Waals surface area contributed by atoms with E-state index in [0.717, 1.165) is 282 Å². The molecular formula is C136H84N4O6. The van der Waals surface area contributed by atoms with Crippen LogP contribution in [-0.2, 0) is 0 Å². The van der Waals surface area contributed by atoms with Crippen LogP contribution in [0.3, 0.4) is 0 Å². The topological polar surface area (TPSA) is 91.8 Å². The Balaban J connectivity index is 0.000000146. The maximum Gasteiger partial charge on any atom is 0.159 e. The highest BCUT2D eigenvalue weighted by molar-refractivity contribution is 6.33. The zero-order chi connectivity index (χ0) is 96.0. The Bertz CT molecular complexity index is 10400. The monoisotopic (exact) mass is 1870 g/mol. The highest BCUT2D eigenvalue weighted by atomic mass is 16.4. The number of furan rings is 6. The number of para-hydroxylation sites is 10. The molecular weight excluding hydrogens is 1790 g/mol. The lowest BCUT2D eigenvalue weighted by Gasteiger charge is -2.28. The van der Waals surface area contributed by atoms with Gasteiger partial charge in [-0.3, -0.25) is 0 Å². The summed E-state index contributed by atoms with van der Waals surface area (Å²) < 4.78 is 41.5. The summed E-state index contributed by atoms with van der Waals surface area (Å²) in [7, 11) is 0. The first kappa shape index (κ1) is 83.3. The van der Waals surface area contributed by atoms with E-state index in [1.807, 2.05) is 30.3 Å². The van der Waals surface area contributed by atoms with E-state index in [0.29, 0.717) is 0 Å². The van der Waals surface area contributed by atoms with Crippen molar-refractivity contribution < 1.29 is 26.5 Å². The average Bonchev–Trinajstić information content (AvgIpc) is 1.54. The molecule has 0 radical (unpaired) electrons. The van der Waals surface area contributed by atoms with Crippen molar-refractivity contribution in [2.24, 2.45) is 0 Å². The molecule has 6 heterocycles. The fraction of sp³-hybridized carbons (Fsp3) is 0. The number of fused-ring (bicyclic) bond motifs is 28. The van der Waals surface area contributed by atoms with Crippen molar-refractivity contribution in [1.82, 2.24) is 0 Å². The van der Waals surface area contributed by atoms with Gasteiger partial charge in [0.2, 0.25) is 0 Å². The van der Waals surface area contributed by atoms with Crippen LogP contribution in [0.25, 0.3) is 219 Å². The van der Waals surface area contributed by atoms with Gasteiger partial charge in [-0.2, -0.15) is 0 Å². The Morgan fingerprint density at radius 2 is 0.370 bits per heavy atom. The predicted molar refractivity (Wildman–Crippen MR) is 607 cm³/mol. The van der Waals surface area contributed by atoms with Crippen molar-refractivity contribution in [2.75, 3.05) is 19.6 Å². The van der Waals surface area contributed by atoms with Crippen LogP contribution in [0.15, 0.2) is 536 Å². The van der Waals surface area contributed by atoms with E-state index in [2.05, 4.69) is 499 Å². The van der Waals surface area contributed by atoms with Crippen molar-refractivity contribution in [2.45, 2.75) is 0 Å². The van der Waals surface area contributed by atoms with Gasteiger partial charge in [-0.15, -0.1) is 0 Å². The van der Waals surface area contributed by atoms with Crippen LogP contribution in [0.4, 0.5) is 68.2 Å². The lowest BCUT2D eigenvalue weighted by atomic mass is 9.95. The van der Waals surface area contributed by atoms with Crippen molar-refractivity contribution in [3.8, 4) is 44.5 Å². The van der Waals surface area contributed by atoms with Gasteiger partial charge in [0.05, 0.1) is 28.4 Å². The Morgan fingerprint density at radius 3 is 0.767 bits per heavy atom. The molecule has 0 atom stereocenters. The second kappa shape index (κ2) is 34.1. The number of benzene rings is 24. The van der Waals surface area contributed by atoms with Crippen molar-refractivity contribution in [1.29, 1.82) is 0 Å². The van der Waals surface area contributed by atoms with Gasteiger partial charge < -0.3 is 46.1 Å². The van der Waals surface area contributed by atoms with E-state index < -0.39 is 0 Å². The van der Waals surface area contributed by atoms with E-state index in [9.17, 15) is 0 Å². The van der Waals surface area contributed by atoms with Gasteiger partial charge in [-0.1, -0.05) is 340 Å². The minimum absolute atomic E-state index is 0.782. The van der Waals surface area contributed by atoms with Crippen molar-refractivity contribution in [3.63, 3.8) is 0 Å². The minimum atomic E-state index is 0.782. The first-order chi connectivity index (χ1) is 72.4. The van der Waals surface area contributed by atoms with Crippen molar-refractivity contribution >= 4 is 243 Å². The molecule has 6 aromatic heterocycles. The maximum atomic E-state index is 7.36. The molecule has 0 saturated carbocycles. The standard InChI is InChI=1S/C80H50N2O3.C56H34N2O3/c1-5-23-51(24-6-1)57-31-15-17-41-70(57)81(72-43-21-39-65-63-37-19-35-59(76(63)84-78(65)72)53-27-9-3-10-28-53)55-45-47-67-69(49-55)61-33-13-14-34-62(61)75-68-48-46-56(50-74(68)83-80(67)75)82(71-42-18-16-32-58(71)52-25-7-2-8-26-52)73-44-22-40-66-64-38-20-36-60(77(64)85-79(66)73)54-29-11-4-12-30-54;1-3-13-35(14-4-1)57(38-23-27-44-42-18-9-11-21-50(42)59-52(44)32-38)37-25-29-47-49(31-37)41-17-7-8-20-46(41)55-48-30-26-40(34-54(48)61-56(47)55)58(36-15-5-2-6-16-36)39-24-28-45-43-19-10-12-22-51(43)60-53(45)33-39/h1-50H;1-34H. The molecule has 0 saturated heterocycles. The number of rotatable bonds is 16. The smallest absolute Gasteiger partial charge is 0.159 e. The van der Waals surface area contributed by atoms with E-state index in [-0.39, 0.29) is 0 Å². The summed E-state index contributed by atoms with van der Waals surface area (Å²) in [5.74, 6) is 0. The fourth-order valence-electron chi connectivity index (χ4n) is 22.7. The molecule has 0 bridgehead atoms. The number of hydrogen-bond donors (Lipinski definition) is 0. The summed E-state index contributed by atoms with van der Waals surface area (Å²) >= 11 is 0. The first-order valence-corrected chi connectivity index (χ1v) is 49.5. The predicted octanol–water partition coefficient (Wildman–Crippen LogP) is 39.9. The van der Waals surface area contributed by atoms with Crippen LogP contribution < -0.4 is 19.6 Å². The third-order valence-electron chi connectivity index (χ3n) is 29.2. The second-order valence-electron chi connectivity index (χ2n) is 37.5. The quantitative estimate of drug-likeness (QED) is 0.0871. The normalized spacial score (nSPS) is 11.8. The van der Waals surface area contributed by atoms with Crippen LogP contribution in [0.5, 0.6) is 0 Å². The minimum Gasteiger partial charge on any atom is -0.456 e. The molecule has 0 amide bonds. The first-order valence-electron chi connectivity index (χ1n) is 49.5. The van der Waals surface area contributed by atoms with E-state index in [1.165, 1.54) is 5.39 Å². The van der Waals surface area contributed by atoms with Gasteiger partial charge >= 0.3 is 0 Å². The van der Waals surface area contributed by atoms with Crippen LogP contribution in [0, 0.1) is 0 Å². The molecule has 24 aromatic carbocycles. The molecule has 0 aliphatic carbocycles. The lowest BCUT2D eigenvalue weighted by molar-refractivity contribution is 0.668. The molecule has 10 heteroatoms. The van der Waals surface area contributed by atoms with Gasteiger partial charge in [0.15, 0.2) is 11.2 Å². The van der Waals surface area contributed by atoms with Gasteiger partial charge in [0.25, 0.3) is 0 Å².